The van der Waals surface area contributed by atoms with Crippen LogP contribution in [0.2, 0.25) is 0 Å². The minimum absolute atomic E-state index is 0.625. The maximum Gasteiger partial charge on any atom is 0.201 e. The normalized spacial score (nSPS) is 16.0. The first-order chi connectivity index (χ1) is 12.3. The minimum atomic E-state index is 0.625. The van der Waals surface area contributed by atoms with Gasteiger partial charge in [-0.3, -0.25) is 0 Å². The highest BCUT2D eigenvalue weighted by atomic mass is 32.1. The van der Waals surface area contributed by atoms with Crippen LogP contribution in [0.4, 0.5) is 0 Å². The van der Waals surface area contributed by atoms with Crippen molar-refractivity contribution < 1.29 is 4.74 Å². The Hall–Kier alpha value is -2.38. The van der Waals surface area contributed by atoms with Crippen LogP contribution in [-0.2, 0) is 11.2 Å². The third kappa shape index (κ3) is 2.89. The van der Waals surface area contributed by atoms with Crippen LogP contribution in [0, 0.1) is 5.92 Å². The lowest BCUT2D eigenvalue weighted by molar-refractivity contribution is 0.0667. The number of aromatic amines is 1. The van der Waals surface area contributed by atoms with E-state index < -0.39 is 0 Å². The van der Waals surface area contributed by atoms with Crippen molar-refractivity contribution >= 4 is 32.7 Å². The Labute approximate surface area is 148 Å². The SMILES string of the molecule is c1nc2n[nH]nc2cc1-c1ccc2cc(CC3CCOCC3)sc2n1. The van der Waals surface area contributed by atoms with Crippen molar-refractivity contribution in [2.75, 3.05) is 13.2 Å². The number of aromatic nitrogens is 5. The Balaban J connectivity index is 1.46. The molecule has 126 valence electrons. The molecule has 5 rings (SSSR count). The summed E-state index contributed by atoms with van der Waals surface area (Å²) in [5.41, 5.74) is 3.26. The molecule has 5 heterocycles. The fourth-order valence-corrected chi connectivity index (χ4v) is 4.49. The fourth-order valence-electron chi connectivity index (χ4n) is 3.35. The maximum atomic E-state index is 5.46. The van der Waals surface area contributed by atoms with Gasteiger partial charge < -0.3 is 4.74 Å². The van der Waals surface area contributed by atoms with E-state index in [1.54, 1.807) is 17.5 Å². The molecule has 0 unspecified atom stereocenters. The third-order valence-electron chi connectivity index (χ3n) is 4.73. The van der Waals surface area contributed by atoms with Gasteiger partial charge in [0.25, 0.3) is 0 Å². The second-order valence-electron chi connectivity index (χ2n) is 6.45. The summed E-state index contributed by atoms with van der Waals surface area (Å²) >= 11 is 1.80. The summed E-state index contributed by atoms with van der Waals surface area (Å²) in [7, 11) is 0. The summed E-state index contributed by atoms with van der Waals surface area (Å²) in [6.07, 6.45) is 5.26. The molecule has 1 aliphatic rings. The van der Waals surface area contributed by atoms with Crippen molar-refractivity contribution in [2.24, 2.45) is 5.92 Å². The molecule has 0 bridgehead atoms. The first-order valence-corrected chi connectivity index (χ1v) is 9.31. The molecule has 0 saturated carbocycles. The Morgan fingerprint density at radius 1 is 1.16 bits per heavy atom. The van der Waals surface area contributed by atoms with Gasteiger partial charge in [-0.1, -0.05) is 0 Å². The molecule has 1 fully saturated rings. The monoisotopic (exact) mass is 351 g/mol. The Morgan fingerprint density at radius 2 is 2.08 bits per heavy atom. The molecule has 0 aromatic carbocycles. The van der Waals surface area contributed by atoms with Crippen molar-refractivity contribution in [1.82, 2.24) is 25.4 Å². The molecule has 7 heteroatoms. The highest BCUT2D eigenvalue weighted by Crippen LogP contribution is 2.31. The molecule has 1 saturated heterocycles. The maximum absolute atomic E-state index is 5.46. The Morgan fingerprint density at radius 3 is 3.00 bits per heavy atom. The summed E-state index contributed by atoms with van der Waals surface area (Å²) in [5.74, 6) is 0.736. The molecule has 4 aromatic rings. The smallest absolute Gasteiger partial charge is 0.201 e. The number of rotatable bonds is 3. The van der Waals surface area contributed by atoms with Crippen LogP contribution in [0.5, 0.6) is 0 Å². The van der Waals surface area contributed by atoms with Crippen molar-refractivity contribution in [1.29, 1.82) is 0 Å². The zero-order valence-electron chi connectivity index (χ0n) is 13.6. The van der Waals surface area contributed by atoms with E-state index in [0.717, 1.165) is 60.0 Å². The fraction of sp³-hybridized carbons (Fsp3) is 0.333. The van der Waals surface area contributed by atoms with E-state index in [-0.39, 0.29) is 0 Å². The number of hydrogen-bond donors (Lipinski definition) is 1. The molecule has 1 N–H and O–H groups in total. The molecule has 0 radical (unpaired) electrons. The second kappa shape index (κ2) is 6.16. The largest absolute Gasteiger partial charge is 0.381 e. The Kier molecular flexibility index (Phi) is 3.68. The summed E-state index contributed by atoms with van der Waals surface area (Å²) in [6, 6.07) is 8.45. The van der Waals surface area contributed by atoms with E-state index in [9.17, 15) is 0 Å². The number of thiophene rings is 1. The first-order valence-electron chi connectivity index (χ1n) is 8.49. The molecule has 0 atom stereocenters. The van der Waals surface area contributed by atoms with Crippen LogP contribution in [-0.4, -0.2) is 38.6 Å². The average molecular weight is 351 g/mol. The number of ether oxygens (including phenoxy) is 1. The van der Waals surface area contributed by atoms with Crippen molar-refractivity contribution in [3.8, 4) is 11.3 Å². The van der Waals surface area contributed by atoms with Gasteiger partial charge in [-0.25, -0.2) is 9.97 Å². The lowest BCUT2D eigenvalue weighted by Gasteiger charge is -2.21. The summed E-state index contributed by atoms with van der Waals surface area (Å²) < 4.78 is 5.46. The molecule has 1 aliphatic heterocycles. The first kappa shape index (κ1) is 14.9. The number of nitrogens with zero attached hydrogens (tertiary/aromatic N) is 4. The second-order valence-corrected chi connectivity index (χ2v) is 7.57. The van der Waals surface area contributed by atoms with Crippen LogP contribution >= 0.6 is 11.3 Å². The highest BCUT2D eigenvalue weighted by Gasteiger charge is 2.16. The van der Waals surface area contributed by atoms with E-state index in [4.69, 9.17) is 9.72 Å². The molecule has 0 amide bonds. The lowest BCUT2D eigenvalue weighted by Crippen LogP contribution is -2.17. The van der Waals surface area contributed by atoms with Crippen molar-refractivity contribution in [3.63, 3.8) is 0 Å². The highest BCUT2D eigenvalue weighted by molar-refractivity contribution is 7.18. The number of hydrogen-bond acceptors (Lipinski definition) is 6. The van der Waals surface area contributed by atoms with E-state index in [2.05, 4.69) is 38.6 Å². The predicted molar refractivity (Wildman–Crippen MR) is 97.5 cm³/mol. The van der Waals surface area contributed by atoms with E-state index in [0.29, 0.717) is 5.65 Å². The molecule has 25 heavy (non-hydrogen) atoms. The Bertz CT molecular complexity index is 1030. The van der Waals surface area contributed by atoms with Gasteiger partial charge >= 0.3 is 0 Å². The van der Waals surface area contributed by atoms with Gasteiger partial charge in [0, 0.05) is 35.2 Å². The van der Waals surface area contributed by atoms with E-state index in [1.165, 1.54) is 10.3 Å². The van der Waals surface area contributed by atoms with Crippen LogP contribution in [0.1, 0.15) is 17.7 Å². The van der Waals surface area contributed by atoms with Crippen molar-refractivity contribution in [2.45, 2.75) is 19.3 Å². The van der Waals surface area contributed by atoms with Crippen molar-refractivity contribution in [3.05, 3.63) is 35.3 Å². The molecule has 6 nitrogen and oxygen atoms in total. The van der Waals surface area contributed by atoms with Crippen LogP contribution in [0.3, 0.4) is 0 Å². The number of nitrogens with one attached hydrogen (secondary N) is 1. The van der Waals surface area contributed by atoms with Crippen LogP contribution in [0.25, 0.3) is 32.6 Å². The van der Waals surface area contributed by atoms with Gasteiger partial charge in [0.15, 0.2) is 0 Å². The molecule has 4 aromatic heterocycles. The topological polar surface area (TPSA) is 76.6 Å². The molecular formula is C18H17N5OS. The number of fused-ring (bicyclic) bond motifs is 2. The summed E-state index contributed by atoms with van der Waals surface area (Å²) in [4.78, 5) is 11.7. The molecule has 0 aliphatic carbocycles. The lowest BCUT2D eigenvalue weighted by atomic mass is 9.96. The molecular weight excluding hydrogens is 334 g/mol. The predicted octanol–water partition coefficient (Wildman–Crippen LogP) is 3.60. The van der Waals surface area contributed by atoms with E-state index in [1.807, 2.05) is 6.07 Å². The van der Waals surface area contributed by atoms with Gasteiger partial charge in [-0.2, -0.15) is 10.3 Å². The van der Waals surface area contributed by atoms with Gasteiger partial charge in [0.2, 0.25) is 5.65 Å². The van der Waals surface area contributed by atoms with Crippen LogP contribution in [0.15, 0.2) is 30.5 Å². The standard InChI is InChI=1S/C18H17N5OS/c1-2-15(13-9-16-17(19-10-13)22-23-21-16)20-18-12(1)8-14(25-18)7-11-3-5-24-6-4-11/h1-2,8-11H,3-7H2,(H,19,21,22,23). The van der Waals surface area contributed by atoms with Gasteiger partial charge in [0.1, 0.15) is 10.3 Å². The number of pyridine rings is 2. The zero-order chi connectivity index (χ0) is 16.6. The zero-order valence-corrected chi connectivity index (χ0v) is 14.4. The third-order valence-corrected chi connectivity index (χ3v) is 5.80. The quantitative estimate of drug-likeness (QED) is 0.610. The summed E-state index contributed by atoms with van der Waals surface area (Å²) in [5, 5.41) is 11.9. The van der Waals surface area contributed by atoms with Crippen LogP contribution < -0.4 is 0 Å². The number of H-pyrrole nitrogens is 1. The molecule has 0 spiro atoms. The van der Waals surface area contributed by atoms with E-state index >= 15 is 0 Å². The minimum Gasteiger partial charge on any atom is -0.381 e. The average Bonchev–Trinajstić information content (AvgIpc) is 3.27. The van der Waals surface area contributed by atoms with Gasteiger partial charge in [0.05, 0.1) is 5.69 Å². The van der Waals surface area contributed by atoms with Gasteiger partial charge in [-0.05, 0) is 49.4 Å². The summed E-state index contributed by atoms with van der Waals surface area (Å²) in [6.45, 7) is 1.80. The van der Waals surface area contributed by atoms with Gasteiger partial charge in [-0.15, -0.1) is 16.4 Å².